The Balaban J connectivity index is 1.88. The van der Waals surface area contributed by atoms with E-state index in [-0.39, 0.29) is 18.2 Å². The number of fused-ring (bicyclic) bond motifs is 6. The average Bonchev–Trinajstić information content (AvgIpc) is 3.47. The predicted molar refractivity (Wildman–Crippen MR) is 94.2 cm³/mol. The number of carbonyl (C=O) groups excluding carboxylic acids is 2. The van der Waals surface area contributed by atoms with E-state index in [1.165, 1.54) is 33.3 Å². The van der Waals surface area contributed by atoms with Crippen molar-refractivity contribution in [1.29, 1.82) is 0 Å². The smallest absolute Gasteiger partial charge is 0.410 e. The molecule has 3 aliphatic rings. The van der Waals surface area contributed by atoms with Crippen LogP contribution in [0.15, 0.2) is 12.1 Å². The third kappa shape index (κ3) is 2.31. The summed E-state index contributed by atoms with van der Waals surface area (Å²) in [7, 11) is 5.55. The highest BCUT2D eigenvalue weighted by molar-refractivity contribution is 5.92. The first-order valence-corrected chi connectivity index (χ1v) is 8.76. The van der Waals surface area contributed by atoms with E-state index in [0.29, 0.717) is 23.5 Å². The maximum atomic E-state index is 12.2. The van der Waals surface area contributed by atoms with E-state index in [4.69, 9.17) is 23.8 Å². The lowest BCUT2D eigenvalue weighted by Gasteiger charge is -2.49. The molecule has 0 saturated carbocycles. The van der Waals surface area contributed by atoms with E-state index in [1.54, 1.807) is 17.2 Å². The molecule has 0 aliphatic carbocycles. The lowest BCUT2D eigenvalue weighted by atomic mass is 9.82. The standard InChI is InChI=1S/C18H22N2O8/c1-24-13-6-9(16(22)25-2)5-11-14(13)10(8-21)18(27-4)15-12(7-19(11)28-18)20(15)17(23)26-3/h5-6,10,12,15,21H,7-8H2,1-4H3/t10-,12-,15-,18-,20?/m1/s1. The summed E-state index contributed by atoms with van der Waals surface area (Å²) in [4.78, 5) is 31.9. The van der Waals surface area contributed by atoms with Crippen molar-refractivity contribution >= 4 is 17.7 Å². The van der Waals surface area contributed by atoms with Crippen molar-refractivity contribution in [3.63, 3.8) is 0 Å². The molecule has 1 aromatic carbocycles. The van der Waals surface area contributed by atoms with Crippen LogP contribution >= 0.6 is 0 Å². The molecule has 2 fully saturated rings. The van der Waals surface area contributed by atoms with E-state index < -0.39 is 29.8 Å². The number of anilines is 1. The van der Waals surface area contributed by atoms with Crippen molar-refractivity contribution in [2.75, 3.05) is 46.7 Å². The predicted octanol–water partition coefficient (Wildman–Crippen LogP) is 0.485. The third-order valence-corrected chi connectivity index (χ3v) is 5.70. The number of rotatable bonds is 4. The minimum absolute atomic E-state index is 0.212. The minimum Gasteiger partial charge on any atom is -0.496 e. The van der Waals surface area contributed by atoms with Crippen molar-refractivity contribution in [3.05, 3.63) is 23.3 Å². The molecule has 1 amide bonds. The van der Waals surface area contributed by atoms with Crippen LogP contribution in [0.3, 0.4) is 0 Å². The second-order valence-electron chi connectivity index (χ2n) is 6.81. The van der Waals surface area contributed by atoms with Crippen molar-refractivity contribution in [1.82, 2.24) is 4.90 Å². The van der Waals surface area contributed by atoms with Gasteiger partial charge in [-0.15, -0.1) is 0 Å². The number of hydrogen-bond donors (Lipinski definition) is 1. The van der Waals surface area contributed by atoms with E-state index in [1.807, 2.05) is 0 Å². The number of nitrogens with zero attached hydrogens (tertiary/aromatic N) is 2. The van der Waals surface area contributed by atoms with Crippen LogP contribution in [0.2, 0.25) is 0 Å². The molecular formula is C18H22N2O8. The van der Waals surface area contributed by atoms with Gasteiger partial charge in [-0.2, -0.15) is 0 Å². The van der Waals surface area contributed by atoms with E-state index >= 15 is 0 Å². The normalized spacial score (nSPS) is 29.5. The van der Waals surface area contributed by atoms with Gasteiger partial charge in [0.1, 0.15) is 11.8 Å². The van der Waals surface area contributed by atoms with Crippen LogP contribution in [-0.2, 0) is 19.0 Å². The molecule has 2 bridgehead atoms. The maximum absolute atomic E-state index is 12.2. The molecule has 3 aliphatic heterocycles. The van der Waals surface area contributed by atoms with Gasteiger partial charge in [-0.05, 0) is 12.1 Å². The zero-order chi connectivity index (χ0) is 20.2. The molecule has 1 aromatic rings. The zero-order valence-corrected chi connectivity index (χ0v) is 16.0. The molecule has 1 N–H and O–H groups in total. The summed E-state index contributed by atoms with van der Waals surface area (Å²) in [6, 6.07) is 2.55. The van der Waals surface area contributed by atoms with Crippen LogP contribution in [-0.4, -0.2) is 81.5 Å². The number of amides is 1. The largest absolute Gasteiger partial charge is 0.496 e. The highest BCUT2D eigenvalue weighted by atomic mass is 16.8. The molecule has 0 aromatic heterocycles. The summed E-state index contributed by atoms with van der Waals surface area (Å²) in [6.45, 7) is 0.0324. The van der Waals surface area contributed by atoms with Gasteiger partial charge < -0.3 is 24.1 Å². The first kappa shape index (κ1) is 18.8. The fraction of sp³-hybridized carbons (Fsp3) is 0.556. The Morgan fingerprint density at radius 2 is 2.00 bits per heavy atom. The van der Waals surface area contributed by atoms with E-state index in [2.05, 4.69) is 0 Å². The van der Waals surface area contributed by atoms with Crippen LogP contribution in [0, 0.1) is 0 Å². The summed E-state index contributed by atoms with van der Waals surface area (Å²) in [6.07, 6.45) is -0.494. The molecule has 0 spiro atoms. The van der Waals surface area contributed by atoms with Gasteiger partial charge in [0, 0.05) is 12.7 Å². The summed E-state index contributed by atoms with van der Waals surface area (Å²) < 4.78 is 21.0. The van der Waals surface area contributed by atoms with Crippen molar-refractivity contribution in [2.45, 2.75) is 23.8 Å². The Morgan fingerprint density at radius 1 is 1.25 bits per heavy atom. The molecule has 0 unspecified atom stereocenters. The number of methoxy groups -OCH3 is 4. The van der Waals surface area contributed by atoms with Gasteiger partial charge in [-0.1, -0.05) is 0 Å². The molecule has 0 radical (unpaired) electrons. The minimum atomic E-state index is -1.31. The van der Waals surface area contributed by atoms with Gasteiger partial charge in [0.05, 0.1) is 57.7 Å². The topological polar surface area (TPSA) is 107 Å². The Kier molecular flexibility index (Phi) is 4.36. The van der Waals surface area contributed by atoms with Crippen LogP contribution in [0.25, 0.3) is 0 Å². The lowest BCUT2D eigenvalue weighted by molar-refractivity contribution is -0.266. The summed E-state index contributed by atoms with van der Waals surface area (Å²) >= 11 is 0. The monoisotopic (exact) mass is 394 g/mol. The second kappa shape index (κ2) is 6.50. The highest BCUT2D eigenvalue weighted by Crippen LogP contribution is 2.58. The SMILES string of the molecule is COC(=O)c1cc(OC)c2c(c1)N1C[C@@H]3[C@@H](N3C(=O)OC)[C@](OC)(O1)[C@@H]2CO. The van der Waals surface area contributed by atoms with Crippen molar-refractivity contribution in [3.8, 4) is 5.75 Å². The summed E-state index contributed by atoms with van der Waals surface area (Å²) in [5.74, 6) is -2.09. The molecule has 10 nitrogen and oxygen atoms in total. The van der Waals surface area contributed by atoms with E-state index in [0.717, 1.165) is 0 Å². The number of ether oxygens (including phenoxy) is 4. The molecule has 4 rings (SSSR count). The van der Waals surface area contributed by atoms with Gasteiger partial charge in [-0.25, -0.2) is 19.5 Å². The molecule has 3 heterocycles. The summed E-state index contributed by atoms with van der Waals surface area (Å²) in [5, 5.41) is 11.8. The maximum Gasteiger partial charge on any atom is 0.410 e. The van der Waals surface area contributed by atoms with Crippen LogP contribution < -0.4 is 9.80 Å². The van der Waals surface area contributed by atoms with Crippen LogP contribution in [0.1, 0.15) is 21.8 Å². The molecule has 2 saturated heterocycles. The first-order chi connectivity index (χ1) is 13.5. The fourth-order valence-corrected chi connectivity index (χ4v) is 4.43. The number of carbonyl (C=O) groups is 2. The van der Waals surface area contributed by atoms with Gasteiger partial charge in [-0.3, -0.25) is 4.90 Å². The highest BCUT2D eigenvalue weighted by Gasteiger charge is 2.73. The van der Waals surface area contributed by atoms with Gasteiger partial charge in [0.2, 0.25) is 5.79 Å². The first-order valence-electron chi connectivity index (χ1n) is 8.76. The Morgan fingerprint density at radius 3 is 2.57 bits per heavy atom. The molecule has 152 valence electrons. The van der Waals surface area contributed by atoms with Crippen molar-refractivity contribution < 1.29 is 38.5 Å². The number of hydroxylamine groups is 1. The van der Waals surface area contributed by atoms with E-state index in [9.17, 15) is 14.7 Å². The van der Waals surface area contributed by atoms with Gasteiger partial charge >= 0.3 is 12.1 Å². The van der Waals surface area contributed by atoms with Gasteiger partial charge in [0.15, 0.2) is 0 Å². The molecular weight excluding hydrogens is 372 g/mol. The number of hydrogen-bond acceptors (Lipinski definition) is 9. The Labute approximate surface area is 161 Å². The lowest BCUT2D eigenvalue weighted by Crippen LogP contribution is -2.60. The zero-order valence-electron chi connectivity index (χ0n) is 16.0. The Bertz CT molecular complexity index is 830. The quantitative estimate of drug-likeness (QED) is 0.576. The number of aliphatic hydroxyl groups excluding tert-OH is 1. The fourth-order valence-electron chi connectivity index (χ4n) is 4.43. The van der Waals surface area contributed by atoms with Crippen LogP contribution in [0.5, 0.6) is 5.75 Å². The summed E-state index contributed by atoms with van der Waals surface area (Å²) in [5.41, 5.74) is 1.48. The Hall–Kier alpha value is -2.56. The molecule has 28 heavy (non-hydrogen) atoms. The molecule has 10 heteroatoms. The third-order valence-electron chi connectivity index (χ3n) is 5.70. The number of esters is 1. The number of benzene rings is 1. The molecule has 4 atom stereocenters. The van der Waals surface area contributed by atoms with Gasteiger partial charge in [0.25, 0.3) is 0 Å². The average molecular weight is 394 g/mol. The second-order valence-corrected chi connectivity index (χ2v) is 6.81. The van der Waals surface area contributed by atoms with Crippen LogP contribution in [0.4, 0.5) is 10.5 Å². The van der Waals surface area contributed by atoms with Crippen molar-refractivity contribution in [2.24, 2.45) is 0 Å². The number of aliphatic hydroxyl groups is 1.